The van der Waals surface area contributed by atoms with E-state index in [2.05, 4.69) is 18.2 Å². The molecule has 0 atom stereocenters. The van der Waals surface area contributed by atoms with Crippen LogP contribution in [0.1, 0.15) is 5.76 Å². The molecule has 1 aromatic heterocycles. The lowest BCUT2D eigenvalue weighted by atomic mass is 10.2. The summed E-state index contributed by atoms with van der Waals surface area (Å²) in [6.45, 7) is 0. The smallest absolute Gasteiger partial charge is 0.107 e. The lowest BCUT2D eigenvalue weighted by molar-refractivity contribution is 0.523. The van der Waals surface area contributed by atoms with Crippen LogP contribution in [0.3, 0.4) is 0 Å². The Hall–Kier alpha value is -1.50. The van der Waals surface area contributed by atoms with Gasteiger partial charge in [-0.15, -0.1) is 0 Å². The molecule has 0 aliphatic heterocycles. The van der Waals surface area contributed by atoms with Crippen molar-refractivity contribution in [3.8, 4) is 0 Å². The highest BCUT2D eigenvalue weighted by molar-refractivity contribution is 5.40. The molecule has 0 N–H and O–H groups in total. The maximum Gasteiger partial charge on any atom is 0.107 e. The number of hydrogen-bond donors (Lipinski definition) is 0. The third kappa shape index (κ3) is 1.56. The standard InChI is InChI=1S/C11H10O/c1-2-5-10(4-1)7-8-11-6-3-9-12-11/h1-7,9H,8H2. The molecule has 0 aromatic carbocycles. The van der Waals surface area contributed by atoms with Crippen LogP contribution in [0.4, 0.5) is 0 Å². The molecule has 1 nitrogen and oxygen atoms in total. The molecule has 0 spiro atoms. The second kappa shape index (κ2) is 3.26. The molecule has 0 amide bonds. The Labute approximate surface area is 71.7 Å². The van der Waals surface area contributed by atoms with Crippen LogP contribution in [0.15, 0.2) is 58.8 Å². The van der Waals surface area contributed by atoms with E-state index in [1.807, 2.05) is 24.3 Å². The van der Waals surface area contributed by atoms with Crippen molar-refractivity contribution in [3.63, 3.8) is 0 Å². The number of allylic oxidation sites excluding steroid dienone is 6. The van der Waals surface area contributed by atoms with Crippen molar-refractivity contribution in [2.45, 2.75) is 6.42 Å². The van der Waals surface area contributed by atoms with Crippen molar-refractivity contribution < 1.29 is 4.42 Å². The molecule has 1 aromatic rings. The first kappa shape index (κ1) is 7.17. The molecule has 0 bridgehead atoms. The van der Waals surface area contributed by atoms with Gasteiger partial charge >= 0.3 is 0 Å². The highest BCUT2D eigenvalue weighted by Crippen LogP contribution is 2.09. The molecule has 60 valence electrons. The van der Waals surface area contributed by atoms with Crippen LogP contribution < -0.4 is 0 Å². The van der Waals surface area contributed by atoms with Gasteiger partial charge in [-0.1, -0.05) is 30.4 Å². The Morgan fingerprint density at radius 2 is 2.08 bits per heavy atom. The summed E-state index contributed by atoms with van der Waals surface area (Å²) in [5.41, 5.74) is 1.26. The molecule has 0 unspecified atom stereocenters. The van der Waals surface area contributed by atoms with E-state index >= 15 is 0 Å². The summed E-state index contributed by atoms with van der Waals surface area (Å²) in [4.78, 5) is 0. The summed E-state index contributed by atoms with van der Waals surface area (Å²) in [7, 11) is 0. The van der Waals surface area contributed by atoms with Crippen LogP contribution in [-0.4, -0.2) is 0 Å². The summed E-state index contributed by atoms with van der Waals surface area (Å²) in [5.74, 6) is 1.01. The minimum Gasteiger partial charge on any atom is -0.469 e. The second-order valence-corrected chi connectivity index (χ2v) is 2.71. The van der Waals surface area contributed by atoms with Gasteiger partial charge in [0.15, 0.2) is 0 Å². The monoisotopic (exact) mass is 158 g/mol. The SMILES string of the molecule is C1=CC(=CCc2ccco2)C=C1. The Kier molecular flexibility index (Phi) is 1.95. The zero-order valence-electron chi connectivity index (χ0n) is 6.73. The molecule has 1 heteroatoms. The second-order valence-electron chi connectivity index (χ2n) is 2.71. The van der Waals surface area contributed by atoms with Crippen molar-refractivity contribution in [2.75, 3.05) is 0 Å². The summed E-state index contributed by atoms with van der Waals surface area (Å²) >= 11 is 0. The molecule has 0 saturated carbocycles. The van der Waals surface area contributed by atoms with Crippen molar-refractivity contribution >= 4 is 0 Å². The molecule has 0 radical (unpaired) electrons. The van der Waals surface area contributed by atoms with Crippen molar-refractivity contribution in [3.05, 3.63) is 60.1 Å². The van der Waals surface area contributed by atoms with Crippen molar-refractivity contribution in [1.29, 1.82) is 0 Å². The molecule has 2 rings (SSSR count). The highest BCUT2D eigenvalue weighted by Gasteiger charge is 1.94. The average Bonchev–Trinajstić information content (AvgIpc) is 2.74. The van der Waals surface area contributed by atoms with E-state index in [1.54, 1.807) is 6.26 Å². The van der Waals surface area contributed by atoms with E-state index in [0.29, 0.717) is 0 Å². The summed E-state index contributed by atoms with van der Waals surface area (Å²) < 4.78 is 5.20. The van der Waals surface area contributed by atoms with E-state index in [1.165, 1.54) is 5.57 Å². The summed E-state index contributed by atoms with van der Waals surface area (Å²) in [5, 5.41) is 0. The molecule has 0 fully saturated rings. The van der Waals surface area contributed by atoms with Gasteiger partial charge in [-0.3, -0.25) is 0 Å². The van der Waals surface area contributed by atoms with Gasteiger partial charge in [-0.25, -0.2) is 0 Å². The van der Waals surface area contributed by atoms with Crippen LogP contribution in [-0.2, 0) is 6.42 Å². The topological polar surface area (TPSA) is 13.1 Å². The van der Waals surface area contributed by atoms with Gasteiger partial charge in [-0.2, -0.15) is 0 Å². The van der Waals surface area contributed by atoms with Gasteiger partial charge in [0.25, 0.3) is 0 Å². The van der Waals surface area contributed by atoms with Crippen molar-refractivity contribution in [2.24, 2.45) is 0 Å². The van der Waals surface area contributed by atoms with Crippen LogP contribution in [0.5, 0.6) is 0 Å². The maximum absolute atomic E-state index is 5.20. The average molecular weight is 158 g/mol. The van der Waals surface area contributed by atoms with Crippen LogP contribution in [0.25, 0.3) is 0 Å². The van der Waals surface area contributed by atoms with E-state index in [0.717, 1.165) is 12.2 Å². The third-order valence-electron chi connectivity index (χ3n) is 1.81. The van der Waals surface area contributed by atoms with Gasteiger partial charge in [0, 0.05) is 6.42 Å². The van der Waals surface area contributed by atoms with Crippen LogP contribution in [0, 0.1) is 0 Å². The molecule has 1 heterocycles. The predicted molar refractivity (Wildman–Crippen MR) is 48.8 cm³/mol. The summed E-state index contributed by atoms with van der Waals surface area (Å²) in [6.07, 6.45) is 13.0. The van der Waals surface area contributed by atoms with E-state index in [-0.39, 0.29) is 0 Å². The van der Waals surface area contributed by atoms with Gasteiger partial charge in [0.05, 0.1) is 6.26 Å². The molecular formula is C11H10O. The predicted octanol–water partition coefficient (Wildman–Crippen LogP) is 2.87. The first-order valence-corrected chi connectivity index (χ1v) is 4.02. The minimum atomic E-state index is 0.872. The Balaban J connectivity index is 2.02. The van der Waals surface area contributed by atoms with E-state index in [9.17, 15) is 0 Å². The molecule has 12 heavy (non-hydrogen) atoms. The fourth-order valence-corrected chi connectivity index (χ4v) is 1.17. The normalized spacial score (nSPS) is 14.2. The van der Waals surface area contributed by atoms with Gasteiger partial charge in [0.2, 0.25) is 0 Å². The van der Waals surface area contributed by atoms with E-state index in [4.69, 9.17) is 4.42 Å². The number of furan rings is 1. The molecule has 1 aliphatic carbocycles. The fraction of sp³-hybridized carbons (Fsp3) is 0.0909. The Morgan fingerprint density at radius 1 is 1.25 bits per heavy atom. The zero-order chi connectivity index (χ0) is 8.23. The third-order valence-corrected chi connectivity index (χ3v) is 1.81. The number of rotatable bonds is 2. The van der Waals surface area contributed by atoms with E-state index < -0.39 is 0 Å². The Morgan fingerprint density at radius 3 is 2.75 bits per heavy atom. The lowest BCUT2D eigenvalue weighted by Gasteiger charge is -1.89. The first-order valence-electron chi connectivity index (χ1n) is 4.02. The molecular weight excluding hydrogens is 148 g/mol. The maximum atomic E-state index is 5.20. The van der Waals surface area contributed by atoms with Crippen molar-refractivity contribution in [1.82, 2.24) is 0 Å². The molecule has 1 aliphatic rings. The first-order chi connectivity index (χ1) is 5.95. The lowest BCUT2D eigenvalue weighted by Crippen LogP contribution is -1.76. The van der Waals surface area contributed by atoms with Gasteiger partial charge in [-0.05, 0) is 17.7 Å². The Bertz CT molecular complexity index is 312. The van der Waals surface area contributed by atoms with Crippen LogP contribution >= 0.6 is 0 Å². The largest absolute Gasteiger partial charge is 0.469 e. The van der Waals surface area contributed by atoms with Gasteiger partial charge in [0.1, 0.15) is 5.76 Å². The summed E-state index contributed by atoms with van der Waals surface area (Å²) in [6, 6.07) is 3.90. The minimum absolute atomic E-state index is 0.872. The molecule has 0 saturated heterocycles. The zero-order valence-corrected chi connectivity index (χ0v) is 6.73. The van der Waals surface area contributed by atoms with Crippen LogP contribution in [0.2, 0.25) is 0 Å². The quantitative estimate of drug-likeness (QED) is 0.645. The fourth-order valence-electron chi connectivity index (χ4n) is 1.17. The number of hydrogen-bond acceptors (Lipinski definition) is 1. The highest BCUT2D eigenvalue weighted by atomic mass is 16.3. The van der Waals surface area contributed by atoms with Gasteiger partial charge < -0.3 is 4.42 Å².